The van der Waals surface area contributed by atoms with Crippen molar-refractivity contribution in [3.8, 4) is 0 Å². The number of anilines is 4. The van der Waals surface area contributed by atoms with Crippen LogP contribution in [0.1, 0.15) is 30.4 Å². The summed E-state index contributed by atoms with van der Waals surface area (Å²) in [5.41, 5.74) is 5.03. The van der Waals surface area contributed by atoms with Crippen molar-refractivity contribution in [2.24, 2.45) is 0 Å². The zero-order chi connectivity index (χ0) is 19.7. The molecule has 0 saturated heterocycles. The lowest BCUT2D eigenvalue weighted by Crippen LogP contribution is -2.26. The first-order valence-corrected chi connectivity index (χ1v) is 9.83. The van der Waals surface area contributed by atoms with Gasteiger partial charge in [-0.1, -0.05) is 6.07 Å². The van der Waals surface area contributed by atoms with Gasteiger partial charge >= 0.3 is 0 Å². The van der Waals surface area contributed by atoms with E-state index in [1.807, 2.05) is 6.07 Å². The zero-order valence-corrected chi connectivity index (χ0v) is 16.0. The van der Waals surface area contributed by atoms with Gasteiger partial charge in [-0.2, -0.15) is 0 Å². The van der Waals surface area contributed by atoms with Crippen LogP contribution in [0.15, 0.2) is 36.4 Å². The standard InChI is InChI=1S/C21H20ClN3O3/c22-12-19(27)23-14-6-8-15(9-7-14)25-17-10-5-13-3-1-2-4-16(13)21(17)24-18(26)11-20(25)28/h5-10H,1-4,11-12H2,(H,23,27)(H,24,26). The quantitative estimate of drug-likeness (QED) is 0.611. The van der Waals surface area contributed by atoms with Crippen LogP contribution < -0.4 is 15.5 Å². The van der Waals surface area contributed by atoms with E-state index in [4.69, 9.17) is 11.6 Å². The van der Waals surface area contributed by atoms with Crippen molar-refractivity contribution in [2.45, 2.75) is 32.1 Å². The predicted molar refractivity (Wildman–Crippen MR) is 109 cm³/mol. The molecule has 1 aliphatic heterocycles. The fraction of sp³-hybridized carbons (Fsp3) is 0.286. The Morgan fingerprint density at radius 2 is 1.82 bits per heavy atom. The number of alkyl halides is 1. The third kappa shape index (κ3) is 3.47. The number of rotatable bonds is 3. The van der Waals surface area contributed by atoms with E-state index in [1.165, 1.54) is 5.56 Å². The first-order chi connectivity index (χ1) is 13.6. The van der Waals surface area contributed by atoms with E-state index in [0.29, 0.717) is 17.1 Å². The highest BCUT2D eigenvalue weighted by Crippen LogP contribution is 2.41. The number of hydrogen-bond donors (Lipinski definition) is 2. The molecule has 4 rings (SSSR count). The molecule has 0 bridgehead atoms. The van der Waals surface area contributed by atoms with Gasteiger partial charge in [-0.3, -0.25) is 19.3 Å². The smallest absolute Gasteiger partial charge is 0.241 e. The Hall–Kier alpha value is -2.86. The molecule has 0 fully saturated rings. The molecular formula is C21H20ClN3O3. The van der Waals surface area contributed by atoms with E-state index in [0.717, 1.165) is 36.9 Å². The number of carbonyl (C=O) groups is 3. The average molecular weight is 398 g/mol. The lowest BCUT2D eigenvalue weighted by molar-refractivity contribution is -0.124. The van der Waals surface area contributed by atoms with Gasteiger partial charge in [0.25, 0.3) is 0 Å². The normalized spacial score (nSPS) is 16.0. The molecule has 0 unspecified atom stereocenters. The third-order valence-corrected chi connectivity index (χ3v) is 5.35. The summed E-state index contributed by atoms with van der Waals surface area (Å²) in [6.07, 6.45) is 3.87. The summed E-state index contributed by atoms with van der Waals surface area (Å²) in [5.74, 6) is -1.01. The SMILES string of the molecule is O=C(CCl)Nc1ccc(N2C(=O)CC(=O)Nc3c2ccc2c3CCCC2)cc1. The Morgan fingerprint density at radius 3 is 2.57 bits per heavy atom. The minimum absolute atomic E-state index is 0.126. The molecule has 2 aromatic rings. The molecule has 144 valence electrons. The Morgan fingerprint density at radius 1 is 1.07 bits per heavy atom. The van der Waals surface area contributed by atoms with E-state index in [9.17, 15) is 14.4 Å². The van der Waals surface area contributed by atoms with Crippen molar-refractivity contribution in [1.29, 1.82) is 0 Å². The van der Waals surface area contributed by atoms with E-state index in [2.05, 4.69) is 16.7 Å². The fourth-order valence-electron chi connectivity index (χ4n) is 3.85. The Bertz CT molecular complexity index is 956. The molecule has 28 heavy (non-hydrogen) atoms. The van der Waals surface area contributed by atoms with Gasteiger partial charge in [0.1, 0.15) is 12.3 Å². The average Bonchev–Trinajstić information content (AvgIpc) is 2.83. The summed E-state index contributed by atoms with van der Waals surface area (Å²) in [6, 6.07) is 10.9. The van der Waals surface area contributed by atoms with Crippen LogP contribution in [0.3, 0.4) is 0 Å². The molecular weight excluding hydrogens is 378 g/mol. The number of carbonyl (C=O) groups excluding carboxylic acids is 3. The van der Waals surface area contributed by atoms with Crippen LogP contribution in [0.25, 0.3) is 0 Å². The molecule has 1 heterocycles. The second-order valence-corrected chi connectivity index (χ2v) is 7.25. The number of benzene rings is 2. The summed E-state index contributed by atoms with van der Waals surface area (Å²) >= 11 is 5.52. The number of amides is 3. The Kier molecular flexibility index (Phi) is 5.05. The molecule has 2 aliphatic rings. The number of aryl methyl sites for hydroxylation is 1. The molecule has 0 radical (unpaired) electrons. The number of nitrogens with zero attached hydrogens (tertiary/aromatic N) is 1. The minimum Gasteiger partial charge on any atom is -0.325 e. The summed E-state index contributed by atoms with van der Waals surface area (Å²) in [4.78, 5) is 38.2. The third-order valence-electron chi connectivity index (χ3n) is 5.11. The topological polar surface area (TPSA) is 78.5 Å². The maximum Gasteiger partial charge on any atom is 0.241 e. The molecule has 7 heteroatoms. The monoisotopic (exact) mass is 397 g/mol. The molecule has 0 aromatic heterocycles. The minimum atomic E-state index is -0.299. The van der Waals surface area contributed by atoms with E-state index in [-0.39, 0.29) is 30.0 Å². The second kappa shape index (κ2) is 7.64. The lowest BCUT2D eigenvalue weighted by Gasteiger charge is -2.26. The number of halogens is 1. The van der Waals surface area contributed by atoms with Crippen LogP contribution in [0.5, 0.6) is 0 Å². The van der Waals surface area contributed by atoms with Crippen molar-refractivity contribution in [1.82, 2.24) is 0 Å². The molecule has 0 atom stereocenters. The molecule has 0 spiro atoms. The highest BCUT2D eigenvalue weighted by molar-refractivity contribution is 6.29. The summed E-state index contributed by atoms with van der Waals surface area (Å²) in [5, 5.41) is 5.62. The molecule has 6 nitrogen and oxygen atoms in total. The second-order valence-electron chi connectivity index (χ2n) is 6.99. The van der Waals surface area contributed by atoms with Crippen LogP contribution >= 0.6 is 11.6 Å². The van der Waals surface area contributed by atoms with Gasteiger partial charge in [-0.05, 0) is 67.1 Å². The largest absolute Gasteiger partial charge is 0.325 e. The van der Waals surface area contributed by atoms with Crippen molar-refractivity contribution < 1.29 is 14.4 Å². The van der Waals surface area contributed by atoms with Gasteiger partial charge < -0.3 is 10.6 Å². The van der Waals surface area contributed by atoms with Crippen molar-refractivity contribution in [3.63, 3.8) is 0 Å². The van der Waals surface area contributed by atoms with Crippen LogP contribution in [0, 0.1) is 0 Å². The molecule has 0 saturated carbocycles. The van der Waals surface area contributed by atoms with Crippen molar-refractivity contribution >= 4 is 52.1 Å². The van der Waals surface area contributed by atoms with E-state index < -0.39 is 0 Å². The molecule has 3 amide bonds. The van der Waals surface area contributed by atoms with Crippen LogP contribution in [-0.4, -0.2) is 23.6 Å². The number of nitrogens with one attached hydrogen (secondary N) is 2. The highest BCUT2D eigenvalue weighted by Gasteiger charge is 2.30. The van der Waals surface area contributed by atoms with Gasteiger partial charge in [-0.15, -0.1) is 11.6 Å². The lowest BCUT2D eigenvalue weighted by atomic mass is 9.89. The maximum atomic E-state index is 12.8. The molecule has 2 aromatic carbocycles. The fourth-order valence-corrected chi connectivity index (χ4v) is 3.91. The van der Waals surface area contributed by atoms with Gasteiger partial charge in [0, 0.05) is 11.4 Å². The summed E-state index contributed by atoms with van der Waals surface area (Å²) < 4.78 is 0. The molecule has 2 N–H and O–H groups in total. The van der Waals surface area contributed by atoms with Gasteiger partial charge in [0.15, 0.2) is 0 Å². The zero-order valence-electron chi connectivity index (χ0n) is 15.3. The van der Waals surface area contributed by atoms with E-state index >= 15 is 0 Å². The van der Waals surface area contributed by atoms with E-state index in [1.54, 1.807) is 29.2 Å². The van der Waals surface area contributed by atoms with Crippen molar-refractivity contribution in [3.05, 3.63) is 47.5 Å². The van der Waals surface area contributed by atoms with Gasteiger partial charge in [0.2, 0.25) is 17.7 Å². The van der Waals surface area contributed by atoms with Gasteiger partial charge in [0.05, 0.1) is 11.4 Å². The maximum absolute atomic E-state index is 12.8. The van der Waals surface area contributed by atoms with Crippen molar-refractivity contribution in [2.75, 3.05) is 21.4 Å². The van der Waals surface area contributed by atoms with Crippen LogP contribution in [-0.2, 0) is 27.2 Å². The first-order valence-electron chi connectivity index (χ1n) is 9.30. The summed E-state index contributed by atoms with van der Waals surface area (Å²) in [6.45, 7) is 0. The van der Waals surface area contributed by atoms with Gasteiger partial charge in [-0.25, -0.2) is 0 Å². The number of fused-ring (bicyclic) bond motifs is 3. The molecule has 1 aliphatic carbocycles. The number of hydrogen-bond acceptors (Lipinski definition) is 3. The summed E-state index contributed by atoms with van der Waals surface area (Å²) in [7, 11) is 0. The predicted octanol–water partition coefficient (Wildman–Crippen LogP) is 3.75. The first kappa shape index (κ1) is 18.5. The Balaban J connectivity index is 1.76. The Labute approximate surface area is 167 Å². The van der Waals surface area contributed by atoms with Crippen LogP contribution in [0.4, 0.5) is 22.7 Å². The van der Waals surface area contributed by atoms with Crippen LogP contribution in [0.2, 0.25) is 0 Å². The highest BCUT2D eigenvalue weighted by atomic mass is 35.5.